The number of fused-ring (bicyclic) bond motifs is 1. The van der Waals surface area contributed by atoms with Gasteiger partial charge in [-0.05, 0) is 43.2 Å². The third-order valence-electron chi connectivity index (χ3n) is 4.16. The van der Waals surface area contributed by atoms with E-state index in [-0.39, 0.29) is 11.5 Å². The number of carbonyl (C=O) groups excluding carboxylic acids is 1. The molecule has 0 aliphatic heterocycles. The highest BCUT2D eigenvalue weighted by atomic mass is 16.5. The number of nitrogens with zero attached hydrogens (tertiary/aromatic N) is 2. The molecule has 3 aromatic rings. The summed E-state index contributed by atoms with van der Waals surface area (Å²) in [6.45, 7) is 2.39. The van der Waals surface area contributed by atoms with Crippen LogP contribution in [0.15, 0.2) is 53.6 Å². The highest BCUT2D eigenvalue weighted by molar-refractivity contribution is 5.92. The first-order valence-corrected chi connectivity index (χ1v) is 8.47. The van der Waals surface area contributed by atoms with E-state index in [4.69, 9.17) is 4.74 Å². The van der Waals surface area contributed by atoms with Gasteiger partial charge < -0.3 is 10.1 Å². The number of aryl methyl sites for hydroxylation is 2. The number of rotatable bonds is 6. The molecule has 1 N–H and O–H groups in total. The molecule has 0 fully saturated rings. The zero-order valence-corrected chi connectivity index (χ0v) is 14.9. The van der Waals surface area contributed by atoms with Crippen molar-refractivity contribution in [1.29, 1.82) is 0 Å². The molecule has 0 atom stereocenters. The summed E-state index contributed by atoms with van der Waals surface area (Å²) < 4.78 is 6.81. The largest absolute Gasteiger partial charge is 0.495 e. The van der Waals surface area contributed by atoms with Gasteiger partial charge in [-0.3, -0.25) is 14.2 Å². The number of carbonyl (C=O) groups is 1. The molecule has 2 aromatic carbocycles. The Balaban J connectivity index is 1.62. The van der Waals surface area contributed by atoms with Crippen molar-refractivity contribution in [3.8, 4) is 5.75 Å². The molecule has 0 unspecified atom stereocenters. The number of hydrogen-bond acceptors (Lipinski definition) is 4. The monoisotopic (exact) mass is 351 g/mol. The first kappa shape index (κ1) is 17.7. The Morgan fingerprint density at radius 3 is 2.85 bits per heavy atom. The van der Waals surface area contributed by atoms with Crippen molar-refractivity contribution in [2.75, 3.05) is 12.4 Å². The molecular formula is C20H21N3O3. The van der Waals surface area contributed by atoms with Gasteiger partial charge in [0.1, 0.15) is 5.75 Å². The number of hydrogen-bond donors (Lipinski definition) is 1. The average molecular weight is 351 g/mol. The van der Waals surface area contributed by atoms with Gasteiger partial charge >= 0.3 is 0 Å². The van der Waals surface area contributed by atoms with Crippen molar-refractivity contribution in [2.45, 2.75) is 26.3 Å². The fraction of sp³-hybridized carbons (Fsp3) is 0.250. The first-order valence-electron chi connectivity index (χ1n) is 8.47. The number of nitrogens with one attached hydrogen (secondary N) is 1. The maximum Gasteiger partial charge on any atom is 0.261 e. The summed E-state index contributed by atoms with van der Waals surface area (Å²) in [4.78, 5) is 28.9. The van der Waals surface area contributed by atoms with Crippen LogP contribution in [0.2, 0.25) is 0 Å². The maximum atomic E-state index is 12.4. The lowest BCUT2D eigenvalue weighted by molar-refractivity contribution is -0.116. The van der Waals surface area contributed by atoms with Crippen LogP contribution in [0.4, 0.5) is 5.69 Å². The van der Waals surface area contributed by atoms with Crippen LogP contribution in [0.3, 0.4) is 0 Å². The molecule has 0 aliphatic rings. The average Bonchev–Trinajstić information content (AvgIpc) is 2.64. The summed E-state index contributed by atoms with van der Waals surface area (Å²) in [7, 11) is 1.57. The summed E-state index contributed by atoms with van der Waals surface area (Å²) in [5.41, 5.74) is 2.28. The van der Waals surface area contributed by atoms with Gasteiger partial charge in [-0.2, -0.15) is 0 Å². The lowest BCUT2D eigenvalue weighted by atomic mass is 10.2. The van der Waals surface area contributed by atoms with Crippen molar-refractivity contribution in [3.05, 3.63) is 64.7 Å². The Hall–Kier alpha value is -3.15. The molecule has 26 heavy (non-hydrogen) atoms. The van der Waals surface area contributed by atoms with E-state index in [1.807, 2.05) is 43.3 Å². The third kappa shape index (κ3) is 3.91. The number of benzene rings is 2. The van der Waals surface area contributed by atoms with Crippen LogP contribution < -0.4 is 15.6 Å². The second-order valence-corrected chi connectivity index (χ2v) is 6.12. The van der Waals surface area contributed by atoms with Crippen LogP contribution in [-0.4, -0.2) is 22.6 Å². The van der Waals surface area contributed by atoms with E-state index in [9.17, 15) is 9.59 Å². The Morgan fingerprint density at radius 2 is 2.04 bits per heavy atom. The Bertz CT molecular complexity index is 995. The molecule has 1 aromatic heterocycles. The van der Waals surface area contributed by atoms with E-state index in [1.54, 1.807) is 17.7 Å². The predicted octanol–water partition coefficient (Wildman–Crippen LogP) is 3.13. The third-order valence-corrected chi connectivity index (χ3v) is 4.16. The molecule has 0 saturated carbocycles. The standard InChI is InChI=1S/C20H21N3O3/c1-14-9-10-18(26-2)17(12-14)22-19(24)8-5-11-23-13-21-16-7-4-3-6-15(16)20(23)25/h3-4,6-7,9-10,12-13H,5,8,11H2,1-2H3,(H,22,24). The molecule has 6 nitrogen and oxygen atoms in total. The molecule has 0 spiro atoms. The smallest absolute Gasteiger partial charge is 0.261 e. The summed E-state index contributed by atoms with van der Waals surface area (Å²) in [6.07, 6.45) is 2.38. The van der Waals surface area contributed by atoms with Gasteiger partial charge in [-0.15, -0.1) is 0 Å². The zero-order chi connectivity index (χ0) is 18.5. The van der Waals surface area contributed by atoms with Gasteiger partial charge in [0.25, 0.3) is 5.56 Å². The fourth-order valence-electron chi connectivity index (χ4n) is 2.81. The minimum absolute atomic E-state index is 0.0867. The normalized spacial score (nSPS) is 10.7. The molecule has 0 aliphatic carbocycles. The molecule has 0 bridgehead atoms. The highest BCUT2D eigenvalue weighted by Crippen LogP contribution is 2.25. The van der Waals surface area contributed by atoms with Gasteiger partial charge in [0.15, 0.2) is 0 Å². The van der Waals surface area contributed by atoms with Crippen LogP contribution >= 0.6 is 0 Å². The Morgan fingerprint density at radius 1 is 1.23 bits per heavy atom. The Kier molecular flexibility index (Phi) is 5.31. The van der Waals surface area contributed by atoms with E-state index in [0.717, 1.165) is 5.56 Å². The van der Waals surface area contributed by atoms with Crippen LogP contribution in [0, 0.1) is 6.92 Å². The second-order valence-electron chi connectivity index (χ2n) is 6.12. The number of amides is 1. The van der Waals surface area contributed by atoms with Gasteiger partial charge in [0.05, 0.1) is 30.0 Å². The summed E-state index contributed by atoms with van der Waals surface area (Å²) in [6, 6.07) is 12.9. The van der Waals surface area contributed by atoms with Gasteiger partial charge in [-0.1, -0.05) is 18.2 Å². The number of para-hydroxylation sites is 1. The number of ether oxygens (including phenoxy) is 1. The van der Waals surface area contributed by atoms with Crippen LogP contribution in [0.1, 0.15) is 18.4 Å². The van der Waals surface area contributed by atoms with Crippen LogP contribution in [-0.2, 0) is 11.3 Å². The summed E-state index contributed by atoms with van der Waals surface area (Å²) >= 11 is 0. The van der Waals surface area contributed by atoms with E-state index in [2.05, 4.69) is 10.3 Å². The molecule has 6 heteroatoms. The molecule has 0 radical (unpaired) electrons. The van der Waals surface area contributed by atoms with Gasteiger partial charge in [0, 0.05) is 13.0 Å². The van der Waals surface area contributed by atoms with Gasteiger partial charge in [0.2, 0.25) is 5.91 Å². The SMILES string of the molecule is COc1ccc(C)cc1NC(=O)CCCn1cnc2ccccc2c1=O. The summed E-state index contributed by atoms with van der Waals surface area (Å²) in [5.74, 6) is 0.509. The topological polar surface area (TPSA) is 73.2 Å². The van der Waals surface area contributed by atoms with Crippen molar-refractivity contribution < 1.29 is 9.53 Å². The minimum Gasteiger partial charge on any atom is -0.495 e. The van der Waals surface area contributed by atoms with Crippen molar-refractivity contribution in [3.63, 3.8) is 0 Å². The highest BCUT2D eigenvalue weighted by Gasteiger charge is 2.09. The van der Waals surface area contributed by atoms with E-state index in [0.29, 0.717) is 41.7 Å². The molecule has 0 saturated heterocycles. The minimum atomic E-state index is -0.115. The number of methoxy groups -OCH3 is 1. The second kappa shape index (κ2) is 7.82. The van der Waals surface area contributed by atoms with Crippen LogP contribution in [0.25, 0.3) is 10.9 Å². The fourth-order valence-corrected chi connectivity index (χ4v) is 2.81. The van der Waals surface area contributed by atoms with E-state index >= 15 is 0 Å². The lowest BCUT2D eigenvalue weighted by Gasteiger charge is -2.11. The molecule has 3 rings (SSSR count). The van der Waals surface area contributed by atoms with Crippen molar-refractivity contribution >= 4 is 22.5 Å². The quantitative estimate of drug-likeness (QED) is 0.740. The van der Waals surface area contributed by atoms with Crippen molar-refractivity contribution in [1.82, 2.24) is 9.55 Å². The molecule has 1 amide bonds. The molecule has 1 heterocycles. The summed E-state index contributed by atoms with van der Waals surface area (Å²) in [5, 5.41) is 3.45. The zero-order valence-electron chi connectivity index (χ0n) is 14.9. The van der Waals surface area contributed by atoms with E-state index in [1.165, 1.54) is 6.33 Å². The van der Waals surface area contributed by atoms with Crippen LogP contribution in [0.5, 0.6) is 5.75 Å². The Labute approximate surface area is 151 Å². The molecule has 134 valence electrons. The lowest BCUT2D eigenvalue weighted by Crippen LogP contribution is -2.21. The van der Waals surface area contributed by atoms with Gasteiger partial charge in [-0.25, -0.2) is 4.98 Å². The van der Waals surface area contributed by atoms with E-state index < -0.39 is 0 Å². The maximum absolute atomic E-state index is 12.4. The molecular weight excluding hydrogens is 330 g/mol. The number of anilines is 1. The number of aromatic nitrogens is 2. The van der Waals surface area contributed by atoms with Crippen molar-refractivity contribution in [2.24, 2.45) is 0 Å². The first-order chi connectivity index (χ1) is 12.6. The predicted molar refractivity (Wildman–Crippen MR) is 102 cm³/mol.